The molecule has 0 aliphatic carbocycles. The van der Waals surface area contributed by atoms with E-state index in [4.69, 9.17) is 4.74 Å². The van der Waals surface area contributed by atoms with E-state index < -0.39 is 0 Å². The molecule has 0 fully saturated rings. The van der Waals surface area contributed by atoms with Crippen LogP contribution in [-0.4, -0.2) is 17.7 Å². The smallest absolute Gasteiger partial charge is 0.266 e. The van der Waals surface area contributed by atoms with E-state index in [1.54, 1.807) is 48.5 Å². The summed E-state index contributed by atoms with van der Waals surface area (Å²) in [5.41, 5.74) is 1.78. The van der Waals surface area contributed by atoms with Gasteiger partial charge in [0.2, 0.25) is 5.91 Å². The minimum Gasteiger partial charge on any atom is -0.457 e. The number of amides is 3. The molecule has 0 saturated carbocycles. The summed E-state index contributed by atoms with van der Waals surface area (Å²) in [4.78, 5) is 38.8. The Bertz CT molecular complexity index is 1400. The maximum absolute atomic E-state index is 13.2. The summed E-state index contributed by atoms with van der Waals surface area (Å²) in [6.07, 6.45) is 0. The van der Waals surface area contributed by atoms with Crippen molar-refractivity contribution in [3.63, 3.8) is 0 Å². The monoisotopic (exact) mass is 422 g/mol. The molecule has 0 bridgehead atoms. The summed E-state index contributed by atoms with van der Waals surface area (Å²) in [6, 6.07) is 24.9. The fraction of sp³-hybridized carbons (Fsp3) is 0.0385. The van der Waals surface area contributed by atoms with Gasteiger partial charge in [0.1, 0.15) is 11.5 Å². The van der Waals surface area contributed by atoms with Gasteiger partial charge in [-0.3, -0.25) is 14.4 Å². The third-order valence-corrected chi connectivity index (χ3v) is 5.26. The number of hydrogen-bond donors (Lipinski definition) is 1. The van der Waals surface area contributed by atoms with Crippen molar-refractivity contribution in [1.29, 1.82) is 0 Å². The highest BCUT2D eigenvalue weighted by atomic mass is 16.5. The Morgan fingerprint density at radius 3 is 2.34 bits per heavy atom. The van der Waals surface area contributed by atoms with E-state index in [1.807, 2.05) is 36.4 Å². The topological polar surface area (TPSA) is 75.7 Å². The van der Waals surface area contributed by atoms with Crippen LogP contribution in [0.3, 0.4) is 0 Å². The van der Waals surface area contributed by atoms with Crippen molar-refractivity contribution < 1.29 is 19.1 Å². The zero-order chi connectivity index (χ0) is 22.2. The summed E-state index contributed by atoms with van der Waals surface area (Å²) >= 11 is 0. The van der Waals surface area contributed by atoms with Crippen molar-refractivity contribution in [2.75, 3.05) is 10.2 Å². The first-order chi connectivity index (χ1) is 15.5. The molecule has 3 amide bonds. The molecule has 0 unspecified atom stereocenters. The van der Waals surface area contributed by atoms with Crippen LogP contribution in [0.4, 0.5) is 11.4 Å². The zero-order valence-corrected chi connectivity index (χ0v) is 17.2. The van der Waals surface area contributed by atoms with Crippen molar-refractivity contribution >= 4 is 39.9 Å². The van der Waals surface area contributed by atoms with Crippen molar-refractivity contribution in [2.45, 2.75) is 6.92 Å². The molecule has 0 aromatic heterocycles. The Morgan fingerprint density at radius 1 is 0.781 bits per heavy atom. The van der Waals surface area contributed by atoms with Gasteiger partial charge in [-0.2, -0.15) is 0 Å². The zero-order valence-electron chi connectivity index (χ0n) is 17.2. The highest BCUT2D eigenvalue weighted by molar-refractivity contribution is 6.36. The van der Waals surface area contributed by atoms with Crippen LogP contribution in [0.1, 0.15) is 27.6 Å². The van der Waals surface area contributed by atoms with Crippen molar-refractivity contribution in [3.8, 4) is 11.5 Å². The third kappa shape index (κ3) is 3.37. The van der Waals surface area contributed by atoms with Gasteiger partial charge in [0, 0.05) is 24.1 Å². The molecule has 6 heteroatoms. The van der Waals surface area contributed by atoms with Gasteiger partial charge < -0.3 is 10.1 Å². The lowest BCUT2D eigenvalue weighted by Crippen LogP contribution is -2.29. The van der Waals surface area contributed by atoms with E-state index in [2.05, 4.69) is 5.32 Å². The molecule has 0 saturated heterocycles. The quantitative estimate of drug-likeness (QED) is 0.447. The molecule has 1 aliphatic rings. The Balaban J connectivity index is 1.48. The second kappa shape index (κ2) is 7.67. The molecule has 0 atom stereocenters. The standard InChI is InChI=1S/C26H18N2O4/c1-16(29)27-18-8-5-9-19(14-18)32-20-12-13-22-23(15-20)26(31)28(25(22)30)24-11-4-7-17-6-2-3-10-21(17)24/h2-15H,1H3,(H,27,29). The number of imide groups is 1. The molecular formula is C26H18N2O4. The Hall–Kier alpha value is -4.45. The van der Waals surface area contributed by atoms with Gasteiger partial charge in [-0.25, -0.2) is 4.90 Å². The SMILES string of the molecule is CC(=O)Nc1cccc(Oc2ccc3c(c2)C(=O)N(c2cccc4ccccc24)C3=O)c1. The molecule has 5 rings (SSSR count). The highest BCUT2D eigenvalue weighted by Crippen LogP contribution is 2.35. The van der Waals surface area contributed by atoms with Crippen molar-refractivity contribution in [2.24, 2.45) is 0 Å². The van der Waals surface area contributed by atoms with Crippen LogP contribution < -0.4 is 15.0 Å². The fourth-order valence-corrected chi connectivity index (χ4v) is 3.88. The van der Waals surface area contributed by atoms with Crippen LogP contribution in [0.25, 0.3) is 10.8 Å². The van der Waals surface area contributed by atoms with E-state index in [0.717, 1.165) is 10.8 Å². The van der Waals surface area contributed by atoms with Gasteiger partial charge in [0.15, 0.2) is 0 Å². The van der Waals surface area contributed by atoms with E-state index in [9.17, 15) is 14.4 Å². The molecule has 6 nitrogen and oxygen atoms in total. The molecule has 1 heterocycles. The lowest BCUT2D eigenvalue weighted by atomic mass is 10.1. The second-order valence-corrected chi connectivity index (χ2v) is 7.46. The van der Waals surface area contributed by atoms with E-state index in [1.165, 1.54) is 11.8 Å². The van der Waals surface area contributed by atoms with Gasteiger partial charge in [-0.1, -0.05) is 42.5 Å². The van der Waals surface area contributed by atoms with Gasteiger partial charge in [-0.05, 0) is 41.8 Å². The number of hydrogen-bond acceptors (Lipinski definition) is 4. The molecule has 156 valence electrons. The minimum absolute atomic E-state index is 0.183. The van der Waals surface area contributed by atoms with Gasteiger partial charge in [0.05, 0.1) is 16.8 Å². The predicted octanol–water partition coefficient (Wildman–Crippen LogP) is 5.39. The minimum atomic E-state index is -0.390. The van der Waals surface area contributed by atoms with Crippen LogP contribution in [0.5, 0.6) is 11.5 Å². The Kier molecular flexibility index (Phi) is 4.67. The molecule has 0 spiro atoms. The van der Waals surface area contributed by atoms with Gasteiger partial charge in [-0.15, -0.1) is 0 Å². The van der Waals surface area contributed by atoms with E-state index in [0.29, 0.717) is 34.0 Å². The first-order valence-corrected chi connectivity index (χ1v) is 10.1. The number of anilines is 2. The molecule has 4 aromatic carbocycles. The largest absolute Gasteiger partial charge is 0.457 e. The molecule has 1 N–H and O–H groups in total. The van der Waals surface area contributed by atoms with Crippen LogP contribution in [0.15, 0.2) is 84.9 Å². The lowest BCUT2D eigenvalue weighted by molar-refractivity contribution is -0.114. The number of rotatable bonds is 4. The average molecular weight is 422 g/mol. The number of benzene rings is 4. The summed E-state index contributed by atoms with van der Waals surface area (Å²) < 4.78 is 5.89. The Labute approximate surface area is 184 Å². The maximum Gasteiger partial charge on any atom is 0.266 e. The maximum atomic E-state index is 13.2. The summed E-state index contributed by atoms with van der Waals surface area (Å²) in [5.74, 6) is -0.0137. The van der Waals surface area contributed by atoms with Crippen LogP contribution in [0.2, 0.25) is 0 Å². The van der Waals surface area contributed by atoms with E-state index in [-0.39, 0.29) is 17.7 Å². The van der Waals surface area contributed by atoms with Crippen LogP contribution >= 0.6 is 0 Å². The number of carbonyl (C=O) groups excluding carboxylic acids is 3. The van der Waals surface area contributed by atoms with Crippen molar-refractivity contribution in [1.82, 2.24) is 0 Å². The summed E-state index contributed by atoms with van der Waals surface area (Å²) in [5, 5.41) is 4.48. The van der Waals surface area contributed by atoms with Crippen LogP contribution in [0, 0.1) is 0 Å². The average Bonchev–Trinajstić information content (AvgIpc) is 3.03. The number of nitrogens with one attached hydrogen (secondary N) is 1. The fourth-order valence-electron chi connectivity index (χ4n) is 3.88. The number of fused-ring (bicyclic) bond motifs is 2. The van der Waals surface area contributed by atoms with Crippen molar-refractivity contribution in [3.05, 3.63) is 96.1 Å². The normalized spacial score (nSPS) is 12.7. The van der Waals surface area contributed by atoms with Gasteiger partial charge in [0.25, 0.3) is 11.8 Å². The molecule has 32 heavy (non-hydrogen) atoms. The van der Waals surface area contributed by atoms with Gasteiger partial charge >= 0.3 is 0 Å². The van der Waals surface area contributed by atoms with Crippen LogP contribution in [-0.2, 0) is 4.79 Å². The summed E-state index contributed by atoms with van der Waals surface area (Å²) in [6.45, 7) is 1.43. The Morgan fingerprint density at radius 2 is 1.50 bits per heavy atom. The first-order valence-electron chi connectivity index (χ1n) is 10.1. The lowest BCUT2D eigenvalue weighted by Gasteiger charge is -2.16. The first kappa shape index (κ1) is 19.5. The number of ether oxygens (including phenoxy) is 1. The second-order valence-electron chi connectivity index (χ2n) is 7.46. The summed E-state index contributed by atoms with van der Waals surface area (Å²) in [7, 11) is 0. The number of nitrogens with zero attached hydrogens (tertiary/aromatic N) is 1. The van der Waals surface area contributed by atoms with E-state index >= 15 is 0 Å². The molecule has 0 radical (unpaired) electrons. The number of carbonyl (C=O) groups is 3. The highest BCUT2D eigenvalue weighted by Gasteiger charge is 2.37. The molecular weight excluding hydrogens is 404 g/mol. The molecule has 4 aromatic rings. The third-order valence-electron chi connectivity index (χ3n) is 5.26. The predicted molar refractivity (Wildman–Crippen MR) is 122 cm³/mol. The molecule has 1 aliphatic heterocycles.